The van der Waals surface area contributed by atoms with Crippen LogP contribution in [0.4, 0.5) is 5.69 Å². The number of nitrogens with one attached hydrogen (secondary N) is 2. The minimum Gasteiger partial charge on any atom is -0.325 e. The van der Waals surface area contributed by atoms with Gasteiger partial charge in [-0.05, 0) is 44.2 Å². The molecule has 1 aromatic carbocycles. The van der Waals surface area contributed by atoms with Crippen molar-refractivity contribution >= 4 is 23.4 Å². The molecule has 1 amide bonds. The van der Waals surface area contributed by atoms with Gasteiger partial charge in [0.05, 0.1) is 6.54 Å². The highest BCUT2D eigenvalue weighted by molar-refractivity contribution is 7.99. The van der Waals surface area contributed by atoms with E-state index in [0.29, 0.717) is 11.8 Å². The summed E-state index contributed by atoms with van der Waals surface area (Å²) in [6.45, 7) is 6.78. The van der Waals surface area contributed by atoms with Crippen LogP contribution in [0.15, 0.2) is 23.1 Å². The molecule has 100 valence electrons. The van der Waals surface area contributed by atoms with Crippen LogP contribution in [0.1, 0.15) is 25.8 Å². The van der Waals surface area contributed by atoms with Gasteiger partial charge >= 0.3 is 0 Å². The Morgan fingerprint density at radius 2 is 2.17 bits per heavy atom. The van der Waals surface area contributed by atoms with Crippen LogP contribution in [0.3, 0.4) is 0 Å². The van der Waals surface area contributed by atoms with Gasteiger partial charge < -0.3 is 10.6 Å². The zero-order chi connectivity index (χ0) is 13.5. The smallest absolute Gasteiger partial charge is 0.238 e. The lowest BCUT2D eigenvalue weighted by Crippen LogP contribution is -2.25. The molecule has 0 radical (unpaired) electrons. The van der Waals surface area contributed by atoms with Gasteiger partial charge in [-0.25, -0.2) is 0 Å². The van der Waals surface area contributed by atoms with Crippen LogP contribution in [0.25, 0.3) is 0 Å². The average molecular weight is 266 g/mol. The topological polar surface area (TPSA) is 41.1 Å². The summed E-state index contributed by atoms with van der Waals surface area (Å²) >= 11 is 1.87. The van der Waals surface area contributed by atoms with E-state index in [0.717, 1.165) is 17.7 Å². The van der Waals surface area contributed by atoms with E-state index in [1.165, 1.54) is 4.90 Å². The molecule has 1 aromatic rings. The summed E-state index contributed by atoms with van der Waals surface area (Å²) in [6.07, 6.45) is 1.16. The van der Waals surface area contributed by atoms with Gasteiger partial charge in [0.15, 0.2) is 0 Å². The molecular weight excluding hydrogens is 244 g/mol. The van der Waals surface area contributed by atoms with E-state index in [2.05, 4.69) is 36.6 Å². The Kier molecular flexibility index (Phi) is 6.22. The number of aryl methyl sites for hydroxylation is 1. The minimum absolute atomic E-state index is 0.0112. The van der Waals surface area contributed by atoms with E-state index in [9.17, 15) is 4.79 Å². The van der Waals surface area contributed by atoms with Crippen molar-refractivity contribution < 1.29 is 4.79 Å². The molecular formula is C14H22N2OS. The Morgan fingerprint density at radius 3 is 2.72 bits per heavy atom. The molecule has 0 fully saturated rings. The second-order valence-corrected chi connectivity index (χ2v) is 5.90. The van der Waals surface area contributed by atoms with Crippen molar-refractivity contribution in [1.82, 2.24) is 5.32 Å². The maximum Gasteiger partial charge on any atom is 0.238 e. The summed E-state index contributed by atoms with van der Waals surface area (Å²) in [7, 11) is 1.76. The molecule has 0 heterocycles. The van der Waals surface area contributed by atoms with Gasteiger partial charge in [0.1, 0.15) is 0 Å². The summed E-state index contributed by atoms with van der Waals surface area (Å²) < 4.78 is 0. The van der Waals surface area contributed by atoms with Crippen LogP contribution in [-0.4, -0.2) is 24.7 Å². The van der Waals surface area contributed by atoms with Gasteiger partial charge in [-0.2, -0.15) is 0 Å². The zero-order valence-corrected chi connectivity index (χ0v) is 12.4. The highest BCUT2D eigenvalue weighted by Crippen LogP contribution is 2.28. The number of hydrogen-bond donors (Lipinski definition) is 2. The summed E-state index contributed by atoms with van der Waals surface area (Å²) in [6, 6.07) is 6.18. The van der Waals surface area contributed by atoms with E-state index in [1.54, 1.807) is 7.05 Å². The Bertz CT molecular complexity index is 407. The lowest BCUT2D eigenvalue weighted by Gasteiger charge is -2.12. The predicted octanol–water partition coefficient (Wildman–Crippen LogP) is 3.04. The highest BCUT2D eigenvalue weighted by atomic mass is 32.2. The van der Waals surface area contributed by atoms with Crippen LogP contribution < -0.4 is 10.6 Å². The fourth-order valence-electron chi connectivity index (χ4n) is 1.52. The Labute approximate surface area is 114 Å². The summed E-state index contributed by atoms with van der Waals surface area (Å²) in [5.41, 5.74) is 2.00. The van der Waals surface area contributed by atoms with E-state index < -0.39 is 0 Å². The van der Waals surface area contributed by atoms with E-state index >= 15 is 0 Å². The number of thioether (sulfide) groups is 1. The zero-order valence-electron chi connectivity index (χ0n) is 11.5. The minimum atomic E-state index is -0.0112. The van der Waals surface area contributed by atoms with Crippen LogP contribution in [0.5, 0.6) is 0 Å². The number of anilines is 1. The Balaban J connectivity index is 2.70. The molecule has 0 aromatic heterocycles. The number of hydrogen-bond acceptors (Lipinski definition) is 3. The average Bonchev–Trinajstić information content (AvgIpc) is 2.33. The molecule has 1 rings (SSSR count). The summed E-state index contributed by atoms with van der Waals surface area (Å²) in [4.78, 5) is 12.8. The molecule has 2 N–H and O–H groups in total. The first-order valence-electron chi connectivity index (χ1n) is 6.28. The maximum atomic E-state index is 11.5. The van der Waals surface area contributed by atoms with Gasteiger partial charge in [-0.15, -0.1) is 11.8 Å². The molecule has 1 atom stereocenters. The first kappa shape index (κ1) is 15.1. The van der Waals surface area contributed by atoms with Gasteiger partial charge in [-0.1, -0.05) is 13.8 Å². The molecule has 0 aliphatic rings. The van der Waals surface area contributed by atoms with E-state index in [1.807, 2.05) is 24.8 Å². The lowest BCUT2D eigenvalue weighted by atomic mass is 10.2. The number of carbonyl (C=O) groups is 1. The van der Waals surface area contributed by atoms with E-state index in [4.69, 9.17) is 0 Å². The Morgan fingerprint density at radius 1 is 1.44 bits per heavy atom. The van der Waals surface area contributed by atoms with Crippen LogP contribution in [0.2, 0.25) is 0 Å². The van der Waals surface area contributed by atoms with Crippen molar-refractivity contribution in [3.63, 3.8) is 0 Å². The molecule has 0 saturated heterocycles. The molecule has 18 heavy (non-hydrogen) atoms. The third-order valence-electron chi connectivity index (χ3n) is 2.72. The third-order valence-corrected chi connectivity index (χ3v) is 3.98. The predicted molar refractivity (Wildman–Crippen MR) is 79.3 cm³/mol. The number of rotatable bonds is 6. The fourth-order valence-corrected chi connectivity index (χ4v) is 2.54. The summed E-state index contributed by atoms with van der Waals surface area (Å²) in [5, 5.41) is 6.35. The second kappa shape index (κ2) is 7.44. The SMILES string of the molecule is CCC(C)Sc1ccc(NC(=O)CNC)c(C)c1. The first-order chi connectivity index (χ1) is 8.56. The number of amides is 1. The largest absolute Gasteiger partial charge is 0.325 e. The monoisotopic (exact) mass is 266 g/mol. The third kappa shape index (κ3) is 4.70. The van der Waals surface area contributed by atoms with Crippen LogP contribution in [0, 0.1) is 6.92 Å². The van der Waals surface area contributed by atoms with Crippen LogP contribution in [-0.2, 0) is 4.79 Å². The molecule has 3 nitrogen and oxygen atoms in total. The van der Waals surface area contributed by atoms with Crippen molar-refractivity contribution in [3.05, 3.63) is 23.8 Å². The van der Waals surface area contributed by atoms with Crippen molar-refractivity contribution in [3.8, 4) is 0 Å². The van der Waals surface area contributed by atoms with Crippen molar-refractivity contribution in [2.75, 3.05) is 18.9 Å². The Hall–Kier alpha value is -1.00. The van der Waals surface area contributed by atoms with Crippen LogP contribution >= 0.6 is 11.8 Å². The van der Waals surface area contributed by atoms with Crippen molar-refractivity contribution in [2.24, 2.45) is 0 Å². The quantitative estimate of drug-likeness (QED) is 0.778. The first-order valence-corrected chi connectivity index (χ1v) is 7.16. The van der Waals surface area contributed by atoms with Gasteiger partial charge in [-0.3, -0.25) is 4.79 Å². The summed E-state index contributed by atoms with van der Waals surface area (Å²) in [5.74, 6) is -0.0112. The molecule has 0 aliphatic carbocycles. The fraction of sp³-hybridized carbons (Fsp3) is 0.500. The van der Waals surface area contributed by atoms with Gasteiger partial charge in [0.25, 0.3) is 0 Å². The second-order valence-electron chi connectivity index (χ2n) is 4.39. The molecule has 0 spiro atoms. The molecule has 0 bridgehead atoms. The number of likely N-dealkylation sites (N-methyl/N-ethyl adjacent to an activating group) is 1. The highest BCUT2D eigenvalue weighted by Gasteiger charge is 2.06. The molecule has 1 unspecified atom stereocenters. The van der Waals surface area contributed by atoms with Gasteiger partial charge in [0, 0.05) is 15.8 Å². The van der Waals surface area contributed by atoms with E-state index in [-0.39, 0.29) is 5.91 Å². The maximum absolute atomic E-state index is 11.5. The standard InChI is InChI=1S/C14H22N2OS/c1-5-11(3)18-12-6-7-13(10(2)8-12)16-14(17)9-15-4/h6-8,11,15H,5,9H2,1-4H3,(H,16,17). The molecule has 0 aliphatic heterocycles. The number of carbonyl (C=O) groups excluding carboxylic acids is 1. The molecule has 4 heteroatoms. The van der Waals surface area contributed by atoms with Crippen molar-refractivity contribution in [1.29, 1.82) is 0 Å². The number of benzene rings is 1. The van der Waals surface area contributed by atoms with Gasteiger partial charge in [0.2, 0.25) is 5.91 Å². The normalized spacial score (nSPS) is 12.2. The lowest BCUT2D eigenvalue weighted by molar-refractivity contribution is -0.115. The van der Waals surface area contributed by atoms with Crippen molar-refractivity contribution in [2.45, 2.75) is 37.3 Å². The molecule has 0 saturated carbocycles.